The van der Waals surface area contributed by atoms with E-state index in [1.807, 2.05) is 6.92 Å². The Labute approximate surface area is 121 Å². The van der Waals surface area contributed by atoms with E-state index in [1.165, 1.54) is 10.9 Å². The number of thiazole rings is 1. The largest absolute Gasteiger partial charge is 0.305 e. The van der Waals surface area contributed by atoms with Gasteiger partial charge in [-0.3, -0.25) is 0 Å². The van der Waals surface area contributed by atoms with Crippen LogP contribution in [0.2, 0.25) is 5.02 Å². The Balaban J connectivity index is 2.02. The molecule has 1 aromatic carbocycles. The molecule has 19 heavy (non-hydrogen) atoms. The van der Waals surface area contributed by atoms with Crippen LogP contribution in [0.4, 0.5) is 4.39 Å². The first kappa shape index (κ1) is 14.4. The Morgan fingerprint density at radius 1 is 1.42 bits per heavy atom. The summed E-state index contributed by atoms with van der Waals surface area (Å²) in [5.74, 6) is -0.385. The van der Waals surface area contributed by atoms with Gasteiger partial charge in [0.15, 0.2) is 0 Å². The molecule has 0 saturated carbocycles. The van der Waals surface area contributed by atoms with E-state index in [2.05, 4.69) is 24.1 Å². The van der Waals surface area contributed by atoms with Gasteiger partial charge in [-0.1, -0.05) is 17.7 Å². The number of rotatable bonds is 4. The Morgan fingerprint density at radius 3 is 2.74 bits per heavy atom. The molecular weight excluding hydrogens is 283 g/mol. The first-order valence-electron chi connectivity index (χ1n) is 6.08. The highest BCUT2D eigenvalue weighted by Gasteiger charge is 2.12. The molecule has 2 nitrogen and oxygen atoms in total. The average molecular weight is 299 g/mol. The molecule has 0 radical (unpaired) electrons. The van der Waals surface area contributed by atoms with Crippen molar-refractivity contribution in [1.29, 1.82) is 0 Å². The number of aromatic nitrogens is 1. The molecule has 0 bridgehead atoms. The fourth-order valence-corrected chi connectivity index (χ4v) is 3.08. The van der Waals surface area contributed by atoms with E-state index in [4.69, 9.17) is 11.6 Å². The first-order valence-corrected chi connectivity index (χ1v) is 7.28. The van der Waals surface area contributed by atoms with E-state index in [1.54, 1.807) is 23.5 Å². The molecule has 1 atom stereocenters. The summed E-state index contributed by atoms with van der Waals surface area (Å²) in [6.07, 6.45) is 0. The first-order chi connectivity index (χ1) is 8.97. The number of benzene rings is 1. The molecule has 0 fully saturated rings. The smallest absolute Gasteiger partial charge is 0.141 e. The minimum atomic E-state index is -0.385. The van der Waals surface area contributed by atoms with Gasteiger partial charge < -0.3 is 5.32 Å². The zero-order valence-corrected chi connectivity index (χ0v) is 12.7. The predicted octanol–water partition coefficient (Wildman–Crippen LogP) is 4.40. The van der Waals surface area contributed by atoms with E-state index < -0.39 is 0 Å². The van der Waals surface area contributed by atoms with Crippen LogP contribution in [0.15, 0.2) is 18.2 Å². The van der Waals surface area contributed by atoms with E-state index in [9.17, 15) is 4.39 Å². The Hall–Kier alpha value is -0.970. The molecule has 102 valence electrons. The highest BCUT2D eigenvalue weighted by Crippen LogP contribution is 2.23. The van der Waals surface area contributed by atoms with Crippen LogP contribution in [-0.4, -0.2) is 4.98 Å². The van der Waals surface area contributed by atoms with Crippen molar-refractivity contribution < 1.29 is 4.39 Å². The second-order valence-electron chi connectivity index (χ2n) is 4.53. The summed E-state index contributed by atoms with van der Waals surface area (Å²) in [4.78, 5) is 5.76. The SMILES string of the molecule is Cc1nc(C(C)NCc2ccc(F)c(Cl)c2)c(C)s1. The fourth-order valence-electron chi connectivity index (χ4n) is 1.96. The zero-order chi connectivity index (χ0) is 14.0. The molecule has 0 saturated heterocycles. The van der Waals surface area contributed by atoms with Gasteiger partial charge in [0.05, 0.1) is 15.7 Å². The lowest BCUT2D eigenvalue weighted by molar-refractivity contribution is 0.560. The minimum absolute atomic E-state index is 0.160. The summed E-state index contributed by atoms with van der Waals surface area (Å²) < 4.78 is 13.1. The van der Waals surface area contributed by atoms with Gasteiger partial charge in [-0.2, -0.15) is 0 Å². The summed E-state index contributed by atoms with van der Waals surface area (Å²) in [6, 6.07) is 4.94. The van der Waals surface area contributed by atoms with E-state index in [-0.39, 0.29) is 16.9 Å². The third kappa shape index (κ3) is 3.53. The number of nitrogens with zero attached hydrogens (tertiary/aromatic N) is 1. The zero-order valence-electron chi connectivity index (χ0n) is 11.1. The van der Waals surface area contributed by atoms with Crippen LogP contribution in [0, 0.1) is 19.7 Å². The van der Waals surface area contributed by atoms with Crippen molar-refractivity contribution in [2.75, 3.05) is 0 Å². The number of aryl methyl sites for hydroxylation is 2. The van der Waals surface area contributed by atoms with Crippen LogP contribution in [0.3, 0.4) is 0 Å². The van der Waals surface area contributed by atoms with Crippen molar-refractivity contribution in [3.05, 3.63) is 50.2 Å². The van der Waals surface area contributed by atoms with Crippen molar-refractivity contribution in [3.8, 4) is 0 Å². The summed E-state index contributed by atoms with van der Waals surface area (Å²) in [6.45, 7) is 6.80. The summed E-state index contributed by atoms with van der Waals surface area (Å²) in [5.41, 5.74) is 2.04. The van der Waals surface area contributed by atoms with Crippen molar-refractivity contribution in [1.82, 2.24) is 10.3 Å². The Morgan fingerprint density at radius 2 is 2.16 bits per heavy atom. The van der Waals surface area contributed by atoms with Gasteiger partial charge in [0, 0.05) is 17.5 Å². The lowest BCUT2D eigenvalue weighted by Gasteiger charge is -2.13. The standard InChI is InChI=1S/C14H16ClFN2S/c1-8(14-9(2)19-10(3)18-14)17-7-11-4-5-13(16)12(15)6-11/h4-6,8,17H,7H2,1-3H3. The molecule has 0 spiro atoms. The van der Waals surface area contributed by atoms with Gasteiger partial charge in [-0.05, 0) is 38.5 Å². The van der Waals surface area contributed by atoms with Crippen molar-refractivity contribution in [2.45, 2.75) is 33.4 Å². The quantitative estimate of drug-likeness (QED) is 0.905. The lowest BCUT2D eigenvalue weighted by atomic mass is 10.2. The molecule has 2 rings (SSSR count). The molecule has 1 heterocycles. The maximum atomic E-state index is 13.1. The maximum Gasteiger partial charge on any atom is 0.141 e. The number of hydrogen-bond donors (Lipinski definition) is 1. The fraction of sp³-hybridized carbons (Fsp3) is 0.357. The number of nitrogens with one attached hydrogen (secondary N) is 1. The van der Waals surface area contributed by atoms with Crippen molar-refractivity contribution in [2.24, 2.45) is 0 Å². The Bertz CT molecular complexity index is 583. The highest BCUT2D eigenvalue weighted by molar-refractivity contribution is 7.11. The summed E-state index contributed by atoms with van der Waals surface area (Å²) >= 11 is 7.46. The third-order valence-corrected chi connectivity index (χ3v) is 4.14. The molecule has 0 aliphatic carbocycles. The predicted molar refractivity (Wildman–Crippen MR) is 78.3 cm³/mol. The summed E-state index contributed by atoms with van der Waals surface area (Å²) in [5, 5.41) is 4.61. The summed E-state index contributed by atoms with van der Waals surface area (Å²) in [7, 11) is 0. The molecule has 1 unspecified atom stereocenters. The number of halogens is 2. The van der Waals surface area contributed by atoms with Gasteiger partial charge >= 0.3 is 0 Å². The van der Waals surface area contributed by atoms with E-state index in [0.29, 0.717) is 6.54 Å². The van der Waals surface area contributed by atoms with E-state index >= 15 is 0 Å². The van der Waals surface area contributed by atoms with Crippen LogP contribution in [0.25, 0.3) is 0 Å². The number of hydrogen-bond acceptors (Lipinski definition) is 3. The van der Waals surface area contributed by atoms with Crippen molar-refractivity contribution in [3.63, 3.8) is 0 Å². The Kier molecular flexibility index (Phi) is 4.55. The molecule has 0 aliphatic heterocycles. The molecule has 2 aromatic rings. The second-order valence-corrected chi connectivity index (χ2v) is 6.34. The van der Waals surface area contributed by atoms with Crippen LogP contribution in [0.1, 0.15) is 34.1 Å². The molecule has 5 heteroatoms. The maximum absolute atomic E-state index is 13.1. The van der Waals surface area contributed by atoms with Crippen LogP contribution in [-0.2, 0) is 6.54 Å². The third-order valence-electron chi connectivity index (χ3n) is 2.95. The highest BCUT2D eigenvalue weighted by atomic mass is 35.5. The molecule has 0 amide bonds. The van der Waals surface area contributed by atoms with Gasteiger partial charge in [0.25, 0.3) is 0 Å². The van der Waals surface area contributed by atoms with E-state index in [0.717, 1.165) is 16.3 Å². The normalized spacial score (nSPS) is 12.7. The second kappa shape index (κ2) is 5.99. The molecular formula is C14H16ClFN2S. The van der Waals surface area contributed by atoms with Crippen molar-refractivity contribution >= 4 is 22.9 Å². The molecule has 0 aliphatic rings. The molecule has 1 N–H and O–H groups in total. The van der Waals surface area contributed by atoms with Crippen LogP contribution >= 0.6 is 22.9 Å². The van der Waals surface area contributed by atoms with Gasteiger partial charge in [0.1, 0.15) is 5.82 Å². The van der Waals surface area contributed by atoms with Crippen LogP contribution < -0.4 is 5.32 Å². The monoisotopic (exact) mass is 298 g/mol. The van der Waals surface area contributed by atoms with Gasteiger partial charge in [-0.15, -0.1) is 11.3 Å². The lowest BCUT2D eigenvalue weighted by Crippen LogP contribution is -2.19. The van der Waals surface area contributed by atoms with Crippen LogP contribution in [0.5, 0.6) is 0 Å². The van der Waals surface area contributed by atoms with Gasteiger partial charge in [-0.25, -0.2) is 9.37 Å². The topological polar surface area (TPSA) is 24.9 Å². The molecule has 1 aromatic heterocycles. The average Bonchev–Trinajstić information content (AvgIpc) is 2.70. The van der Waals surface area contributed by atoms with Gasteiger partial charge in [0.2, 0.25) is 0 Å². The minimum Gasteiger partial charge on any atom is -0.305 e.